The zero-order valence-electron chi connectivity index (χ0n) is 11.6. The highest BCUT2D eigenvalue weighted by Crippen LogP contribution is 2.37. The average Bonchev–Trinajstić information content (AvgIpc) is 2.64. The van der Waals surface area contributed by atoms with Gasteiger partial charge in [-0.2, -0.15) is 0 Å². The Bertz CT molecular complexity index is 470. The van der Waals surface area contributed by atoms with Crippen LogP contribution in [0, 0.1) is 11.6 Å². The Morgan fingerprint density at radius 3 is 2.55 bits per heavy atom. The van der Waals surface area contributed by atoms with E-state index in [-0.39, 0.29) is 11.7 Å². The molecule has 1 aromatic rings. The molecule has 0 amide bonds. The van der Waals surface area contributed by atoms with Crippen molar-refractivity contribution < 1.29 is 13.5 Å². The molecule has 1 unspecified atom stereocenters. The fourth-order valence-corrected chi connectivity index (χ4v) is 3.42. The number of ether oxygens (including phenoxy) is 1. The Labute approximate surface area is 118 Å². The van der Waals surface area contributed by atoms with Crippen LogP contribution >= 0.6 is 0 Å². The Morgan fingerprint density at radius 2 is 1.85 bits per heavy atom. The Hall–Kier alpha value is -1.00. The van der Waals surface area contributed by atoms with E-state index in [0.29, 0.717) is 12.1 Å². The molecular formula is C16H21F2NO. The molecule has 4 heteroatoms. The predicted molar refractivity (Wildman–Crippen MR) is 73.5 cm³/mol. The Balaban J connectivity index is 1.80. The van der Waals surface area contributed by atoms with Crippen molar-refractivity contribution in [2.45, 2.75) is 50.2 Å². The molecule has 1 spiro atoms. The summed E-state index contributed by atoms with van der Waals surface area (Å²) in [4.78, 5) is 0. The Kier molecular flexibility index (Phi) is 4.03. The number of morpholine rings is 1. The van der Waals surface area contributed by atoms with E-state index in [0.717, 1.165) is 25.5 Å². The van der Waals surface area contributed by atoms with Crippen LogP contribution in [-0.4, -0.2) is 18.7 Å². The average molecular weight is 281 g/mol. The van der Waals surface area contributed by atoms with Crippen LogP contribution in [0.15, 0.2) is 18.2 Å². The molecule has 2 fully saturated rings. The maximum absolute atomic E-state index is 13.9. The molecule has 1 saturated heterocycles. The highest BCUT2D eigenvalue weighted by atomic mass is 19.1. The van der Waals surface area contributed by atoms with E-state index >= 15 is 0 Å². The van der Waals surface area contributed by atoms with Crippen LogP contribution in [0.4, 0.5) is 8.78 Å². The van der Waals surface area contributed by atoms with Gasteiger partial charge in [0.25, 0.3) is 0 Å². The summed E-state index contributed by atoms with van der Waals surface area (Å²) in [7, 11) is 0. The minimum atomic E-state index is -0.542. The third kappa shape index (κ3) is 2.86. The summed E-state index contributed by atoms with van der Waals surface area (Å²) in [6.07, 6.45) is 6.57. The molecule has 1 heterocycles. The van der Waals surface area contributed by atoms with Crippen molar-refractivity contribution in [3.63, 3.8) is 0 Å². The van der Waals surface area contributed by atoms with Crippen molar-refractivity contribution in [3.8, 4) is 0 Å². The lowest BCUT2D eigenvalue weighted by Gasteiger charge is -2.41. The lowest BCUT2D eigenvalue weighted by molar-refractivity contribution is -0.127. The second-order valence-corrected chi connectivity index (χ2v) is 6.00. The summed E-state index contributed by atoms with van der Waals surface area (Å²) >= 11 is 0. The van der Waals surface area contributed by atoms with Crippen molar-refractivity contribution in [2.75, 3.05) is 13.1 Å². The van der Waals surface area contributed by atoms with Crippen molar-refractivity contribution in [2.24, 2.45) is 0 Å². The molecule has 3 rings (SSSR count). The van der Waals surface area contributed by atoms with Gasteiger partial charge in [-0.15, -0.1) is 0 Å². The van der Waals surface area contributed by atoms with E-state index < -0.39 is 11.6 Å². The lowest BCUT2D eigenvalue weighted by Crippen LogP contribution is -2.50. The molecule has 2 nitrogen and oxygen atoms in total. The van der Waals surface area contributed by atoms with Gasteiger partial charge in [-0.3, -0.25) is 0 Å². The third-order valence-corrected chi connectivity index (χ3v) is 4.49. The molecule has 1 saturated carbocycles. The van der Waals surface area contributed by atoms with Gasteiger partial charge in [0.15, 0.2) is 0 Å². The van der Waals surface area contributed by atoms with Gasteiger partial charge in [0.05, 0.1) is 11.7 Å². The first-order valence-electron chi connectivity index (χ1n) is 7.52. The van der Waals surface area contributed by atoms with Crippen LogP contribution in [-0.2, 0) is 4.74 Å². The number of benzene rings is 1. The smallest absolute Gasteiger partial charge is 0.131 e. The van der Waals surface area contributed by atoms with Crippen molar-refractivity contribution >= 4 is 0 Å². The first-order chi connectivity index (χ1) is 9.69. The zero-order valence-corrected chi connectivity index (χ0v) is 11.6. The standard InChI is InChI=1S/C16H21F2NO/c17-12-5-6-13(14(18)9-12)15-10-19-11-16(20-15)7-3-1-2-4-8-16/h5-6,9,15,19H,1-4,7-8,10-11H2. The van der Waals surface area contributed by atoms with Gasteiger partial charge < -0.3 is 10.1 Å². The highest BCUT2D eigenvalue weighted by Gasteiger charge is 2.38. The maximum Gasteiger partial charge on any atom is 0.131 e. The molecule has 1 aliphatic carbocycles. The minimum absolute atomic E-state index is 0.166. The summed E-state index contributed by atoms with van der Waals surface area (Å²) in [5, 5.41) is 3.38. The molecule has 1 atom stereocenters. The van der Waals surface area contributed by atoms with Crippen LogP contribution in [0.5, 0.6) is 0 Å². The fourth-order valence-electron chi connectivity index (χ4n) is 3.42. The van der Waals surface area contributed by atoms with Crippen LogP contribution in [0.25, 0.3) is 0 Å². The van der Waals surface area contributed by atoms with Gasteiger partial charge >= 0.3 is 0 Å². The second-order valence-electron chi connectivity index (χ2n) is 6.00. The normalized spacial score (nSPS) is 26.4. The second kappa shape index (κ2) is 5.78. The molecule has 1 aliphatic heterocycles. The van der Waals surface area contributed by atoms with Gasteiger partial charge in [-0.1, -0.05) is 31.7 Å². The summed E-state index contributed by atoms with van der Waals surface area (Å²) in [5.74, 6) is -1.05. The molecule has 0 aromatic heterocycles. The molecule has 0 bridgehead atoms. The first kappa shape index (κ1) is 14.0. The van der Waals surface area contributed by atoms with Crippen molar-refractivity contribution in [1.29, 1.82) is 0 Å². The van der Waals surface area contributed by atoms with Crippen LogP contribution in [0.1, 0.15) is 50.2 Å². The SMILES string of the molecule is Fc1ccc(C2CNCC3(CCCCCC3)O2)c(F)c1. The van der Waals surface area contributed by atoms with E-state index in [1.54, 1.807) is 0 Å². The predicted octanol–water partition coefficient (Wildman–Crippen LogP) is 3.72. The van der Waals surface area contributed by atoms with E-state index in [2.05, 4.69) is 5.32 Å². The van der Waals surface area contributed by atoms with Gasteiger partial charge in [0.1, 0.15) is 11.6 Å². The van der Waals surface area contributed by atoms with Crippen LogP contribution in [0.3, 0.4) is 0 Å². The molecule has 110 valence electrons. The molecule has 1 N–H and O–H groups in total. The van der Waals surface area contributed by atoms with Crippen LogP contribution < -0.4 is 5.32 Å². The van der Waals surface area contributed by atoms with E-state index in [9.17, 15) is 8.78 Å². The lowest BCUT2D eigenvalue weighted by atomic mass is 9.91. The largest absolute Gasteiger partial charge is 0.364 e. The molecule has 1 aromatic carbocycles. The summed E-state index contributed by atoms with van der Waals surface area (Å²) in [6.45, 7) is 1.43. The summed E-state index contributed by atoms with van der Waals surface area (Å²) in [5.41, 5.74) is 0.294. The van der Waals surface area contributed by atoms with Gasteiger partial charge in [0.2, 0.25) is 0 Å². The number of hydrogen-bond acceptors (Lipinski definition) is 2. The third-order valence-electron chi connectivity index (χ3n) is 4.49. The quantitative estimate of drug-likeness (QED) is 0.847. The molecule has 0 radical (unpaired) electrons. The van der Waals surface area contributed by atoms with Crippen molar-refractivity contribution in [1.82, 2.24) is 5.32 Å². The fraction of sp³-hybridized carbons (Fsp3) is 0.625. The van der Waals surface area contributed by atoms with Gasteiger partial charge in [-0.05, 0) is 18.9 Å². The number of hydrogen-bond donors (Lipinski definition) is 1. The van der Waals surface area contributed by atoms with Gasteiger partial charge in [0, 0.05) is 24.7 Å². The number of nitrogens with one attached hydrogen (secondary N) is 1. The minimum Gasteiger partial charge on any atom is -0.364 e. The summed E-state index contributed by atoms with van der Waals surface area (Å²) < 4.78 is 33.2. The number of rotatable bonds is 1. The highest BCUT2D eigenvalue weighted by molar-refractivity contribution is 5.22. The monoisotopic (exact) mass is 281 g/mol. The van der Waals surface area contributed by atoms with Crippen molar-refractivity contribution in [3.05, 3.63) is 35.4 Å². The summed E-state index contributed by atoms with van der Waals surface area (Å²) in [6, 6.07) is 3.75. The molecular weight excluding hydrogens is 260 g/mol. The zero-order chi connectivity index (χ0) is 14.0. The topological polar surface area (TPSA) is 21.3 Å². The maximum atomic E-state index is 13.9. The molecule has 20 heavy (non-hydrogen) atoms. The van der Waals surface area contributed by atoms with E-state index in [1.165, 1.54) is 37.8 Å². The molecule has 2 aliphatic rings. The van der Waals surface area contributed by atoms with E-state index in [4.69, 9.17) is 4.74 Å². The first-order valence-corrected chi connectivity index (χ1v) is 7.52. The van der Waals surface area contributed by atoms with Gasteiger partial charge in [-0.25, -0.2) is 8.78 Å². The van der Waals surface area contributed by atoms with Crippen LogP contribution in [0.2, 0.25) is 0 Å². The number of halogens is 2. The Morgan fingerprint density at radius 1 is 1.10 bits per heavy atom. The van der Waals surface area contributed by atoms with E-state index in [1.807, 2.05) is 0 Å².